The van der Waals surface area contributed by atoms with E-state index in [1.54, 1.807) is 21.3 Å². The lowest BCUT2D eigenvalue weighted by Crippen LogP contribution is -2.28. The van der Waals surface area contributed by atoms with E-state index in [1.165, 1.54) is 30.2 Å². The number of benzene rings is 2. The highest BCUT2D eigenvalue weighted by Gasteiger charge is 2.20. The zero-order valence-corrected chi connectivity index (χ0v) is 16.4. The van der Waals surface area contributed by atoms with Gasteiger partial charge in [-0.2, -0.15) is 0 Å². The van der Waals surface area contributed by atoms with Crippen molar-refractivity contribution in [3.05, 3.63) is 57.6 Å². The summed E-state index contributed by atoms with van der Waals surface area (Å²) < 4.78 is 15.7. The molecule has 8 heteroatoms. The summed E-state index contributed by atoms with van der Waals surface area (Å²) in [5.41, 5.74) is 1.08. The predicted molar refractivity (Wildman–Crippen MR) is 104 cm³/mol. The first-order valence-corrected chi connectivity index (χ1v) is 8.70. The molecule has 0 aliphatic heterocycles. The second-order valence-electron chi connectivity index (χ2n) is 6.16. The molecule has 2 rings (SSSR count). The van der Waals surface area contributed by atoms with E-state index < -0.39 is 4.92 Å². The number of aryl methyl sites for hydroxylation is 1. The van der Waals surface area contributed by atoms with E-state index in [9.17, 15) is 14.9 Å². The van der Waals surface area contributed by atoms with Crippen molar-refractivity contribution in [3.8, 4) is 17.2 Å². The third-order valence-electron chi connectivity index (χ3n) is 4.38. The molecule has 0 radical (unpaired) electrons. The van der Waals surface area contributed by atoms with Gasteiger partial charge in [0.25, 0.3) is 11.6 Å². The van der Waals surface area contributed by atoms with Gasteiger partial charge in [0, 0.05) is 25.7 Å². The Hall–Kier alpha value is -3.29. The standard InChI is InChI=1S/C20H24N2O6/c1-21(11-5-6-14-7-9-18(27-3)19(12-14)28-4)20(23)16-13-15(22(24)25)8-10-17(16)26-2/h7-10,12-13H,5-6,11H2,1-4H3. The summed E-state index contributed by atoms with van der Waals surface area (Å²) in [5.74, 6) is 1.30. The first kappa shape index (κ1) is 21.0. The number of ether oxygens (including phenoxy) is 3. The van der Waals surface area contributed by atoms with Gasteiger partial charge in [-0.25, -0.2) is 0 Å². The summed E-state index contributed by atoms with van der Waals surface area (Å²) in [6.45, 7) is 0.485. The molecular formula is C20H24N2O6. The first-order chi connectivity index (χ1) is 13.4. The summed E-state index contributed by atoms with van der Waals surface area (Å²) in [7, 11) is 6.25. The van der Waals surface area contributed by atoms with Gasteiger partial charge in [-0.1, -0.05) is 6.07 Å². The number of hydrogen-bond acceptors (Lipinski definition) is 6. The summed E-state index contributed by atoms with van der Waals surface area (Å²) in [5, 5.41) is 11.0. The molecule has 2 aromatic carbocycles. The molecule has 0 unspecified atom stereocenters. The first-order valence-electron chi connectivity index (χ1n) is 8.70. The van der Waals surface area contributed by atoms with E-state index in [2.05, 4.69) is 0 Å². The Labute approximate surface area is 163 Å². The zero-order chi connectivity index (χ0) is 20.7. The molecule has 0 saturated heterocycles. The van der Waals surface area contributed by atoms with Crippen molar-refractivity contribution < 1.29 is 23.9 Å². The van der Waals surface area contributed by atoms with E-state index >= 15 is 0 Å². The predicted octanol–water partition coefficient (Wildman–Crippen LogP) is 3.33. The van der Waals surface area contributed by atoms with Crippen molar-refractivity contribution >= 4 is 11.6 Å². The summed E-state index contributed by atoms with van der Waals surface area (Å²) >= 11 is 0. The number of carbonyl (C=O) groups is 1. The van der Waals surface area contributed by atoms with Crippen LogP contribution in [0, 0.1) is 10.1 Å². The maximum Gasteiger partial charge on any atom is 0.270 e. The third kappa shape index (κ3) is 4.91. The van der Waals surface area contributed by atoms with Crippen LogP contribution in [0.15, 0.2) is 36.4 Å². The number of nitro benzene ring substituents is 1. The molecule has 0 spiro atoms. The highest BCUT2D eigenvalue weighted by molar-refractivity contribution is 5.97. The molecule has 0 heterocycles. The Morgan fingerprint density at radius 1 is 1.00 bits per heavy atom. The van der Waals surface area contributed by atoms with E-state index in [4.69, 9.17) is 14.2 Å². The molecule has 0 N–H and O–H groups in total. The number of methoxy groups -OCH3 is 3. The maximum atomic E-state index is 12.7. The smallest absolute Gasteiger partial charge is 0.270 e. The monoisotopic (exact) mass is 388 g/mol. The molecule has 1 amide bonds. The van der Waals surface area contributed by atoms with Crippen LogP contribution >= 0.6 is 0 Å². The second-order valence-corrected chi connectivity index (χ2v) is 6.16. The molecule has 0 fully saturated rings. The number of nitro groups is 1. The largest absolute Gasteiger partial charge is 0.496 e. The van der Waals surface area contributed by atoms with Crippen LogP contribution in [0.3, 0.4) is 0 Å². The van der Waals surface area contributed by atoms with Crippen molar-refractivity contribution in [2.24, 2.45) is 0 Å². The van der Waals surface area contributed by atoms with Crippen molar-refractivity contribution in [1.29, 1.82) is 0 Å². The highest BCUT2D eigenvalue weighted by atomic mass is 16.6. The number of non-ortho nitro benzene ring substituents is 1. The van der Waals surface area contributed by atoms with Gasteiger partial charge < -0.3 is 19.1 Å². The van der Waals surface area contributed by atoms with Gasteiger partial charge in [0.05, 0.1) is 31.8 Å². The van der Waals surface area contributed by atoms with Crippen LogP contribution in [-0.2, 0) is 6.42 Å². The van der Waals surface area contributed by atoms with Gasteiger partial charge in [-0.3, -0.25) is 14.9 Å². The fourth-order valence-electron chi connectivity index (χ4n) is 2.84. The van der Waals surface area contributed by atoms with E-state index in [0.717, 1.165) is 18.4 Å². The molecule has 28 heavy (non-hydrogen) atoms. The van der Waals surface area contributed by atoms with Gasteiger partial charge in [0.15, 0.2) is 11.5 Å². The number of rotatable bonds is 9. The average molecular weight is 388 g/mol. The second kappa shape index (κ2) is 9.59. The molecule has 0 aromatic heterocycles. The van der Waals surface area contributed by atoms with Crippen molar-refractivity contribution in [3.63, 3.8) is 0 Å². The molecular weight excluding hydrogens is 364 g/mol. The Morgan fingerprint density at radius 3 is 2.25 bits per heavy atom. The zero-order valence-electron chi connectivity index (χ0n) is 16.4. The van der Waals surface area contributed by atoms with Crippen LogP contribution in [0.1, 0.15) is 22.3 Å². The summed E-state index contributed by atoms with van der Waals surface area (Å²) in [4.78, 5) is 24.7. The van der Waals surface area contributed by atoms with Gasteiger partial charge in [-0.15, -0.1) is 0 Å². The third-order valence-corrected chi connectivity index (χ3v) is 4.38. The Balaban J connectivity index is 2.03. The molecule has 8 nitrogen and oxygen atoms in total. The number of hydrogen-bond donors (Lipinski definition) is 0. The van der Waals surface area contributed by atoms with Crippen LogP contribution in [0.2, 0.25) is 0 Å². The number of amides is 1. The van der Waals surface area contributed by atoms with E-state index in [-0.39, 0.29) is 17.2 Å². The van der Waals surface area contributed by atoms with Crippen LogP contribution in [-0.4, -0.2) is 50.7 Å². The van der Waals surface area contributed by atoms with Crippen molar-refractivity contribution in [2.45, 2.75) is 12.8 Å². The minimum absolute atomic E-state index is 0.150. The van der Waals surface area contributed by atoms with Crippen LogP contribution < -0.4 is 14.2 Å². The van der Waals surface area contributed by atoms with Crippen LogP contribution in [0.25, 0.3) is 0 Å². The normalized spacial score (nSPS) is 10.3. The molecule has 2 aromatic rings. The maximum absolute atomic E-state index is 12.7. The minimum atomic E-state index is -0.534. The topological polar surface area (TPSA) is 91.1 Å². The van der Waals surface area contributed by atoms with Gasteiger partial charge in [0.1, 0.15) is 5.75 Å². The van der Waals surface area contributed by atoms with Gasteiger partial charge >= 0.3 is 0 Å². The lowest BCUT2D eigenvalue weighted by molar-refractivity contribution is -0.384. The van der Waals surface area contributed by atoms with E-state index in [0.29, 0.717) is 23.8 Å². The van der Waals surface area contributed by atoms with Crippen LogP contribution in [0.4, 0.5) is 5.69 Å². The molecule has 0 aliphatic rings. The molecule has 0 bridgehead atoms. The van der Waals surface area contributed by atoms with Crippen molar-refractivity contribution in [1.82, 2.24) is 4.90 Å². The Morgan fingerprint density at radius 2 is 1.64 bits per heavy atom. The number of nitrogens with zero attached hydrogens (tertiary/aromatic N) is 2. The Kier molecular flexibility index (Phi) is 7.20. The SMILES string of the molecule is COc1ccc(CCCN(C)C(=O)c2cc([N+](=O)[O-])ccc2OC)cc1OC. The molecule has 0 aliphatic carbocycles. The van der Waals surface area contributed by atoms with E-state index in [1.807, 2.05) is 18.2 Å². The van der Waals surface area contributed by atoms with Gasteiger partial charge in [0.2, 0.25) is 0 Å². The summed E-state index contributed by atoms with van der Waals surface area (Å²) in [6.07, 6.45) is 1.46. The van der Waals surface area contributed by atoms with Crippen LogP contribution in [0.5, 0.6) is 17.2 Å². The fraction of sp³-hybridized carbons (Fsp3) is 0.350. The quantitative estimate of drug-likeness (QED) is 0.483. The molecule has 0 saturated carbocycles. The molecule has 0 atom stereocenters. The molecule has 150 valence electrons. The Bertz CT molecular complexity index is 853. The lowest BCUT2D eigenvalue weighted by Gasteiger charge is -2.18. The van der Waals surface area contributed by atoms with Crippen molar-refractivity contribution in [2.75, 3.05) is 34.9 Å². The fourth-order valence-corrected chi connectivity index (χ4v) is 2.84. The summed E-state index contributed by atoms with van der Waals surface area (Å²) in [6, 6.07) is 9.69. The minimum Gasteiger partial charge on any atom is -0.496 e. The lowest BCUT2D eigenvalue weighted by atomic mass is 10.1. The number of carbonyl (C=O) groups excluding carboxylic acids is 1. The average Bonchev–Trinajstić information content (AvgIpc) is 2.72. The highest BCUT2D eigenvalue weighted by Crippen LogP contribution is 2.28. The van der Waals surface area contributed by atoms with Gasteiger partial charge in [-0.05, 0) is 36.6 Å².